The molecule has 31 heavy (non-hydrogen) atoms. The number of esters is 1. The van der Waals surface area contributed by atoms with Crippen LogP contribution in [-0.4, -0.2) is 35.1 Å². The predicted molar refractivity (Wildman–Crippen MR) is 119 cm³/mol. The first-order valence-corrected chi connectivity index (χ1v) is 10.5. The molecule has 158 valence electrons. The number of aromatic nitrogens is 3. The number of carbonyl (C=O) groups excluding carboxylic acids is 1. The second-order valence-corrected chi connectivity index (χ2v) is 7.72. The largest absolute Gasteiger partial charge is 0.493 e. The summed E-state index contributed by atoms with van der Waals surface area (Å²) in [6.07, 6.45) is 0. The van der Waals surface area contributed by atoms with Crippen molar-refractivity contribution in [2.75, 3.05) is 14.2 Å². The second kappa shape index (κ2) is 8.69. The fraction of sp³-hybridized carbons (Fsp3) is 0.217. The van der Waals surface area contributed by atoms with Gasteiger partial charge in [0.05, 0.1) is 53.5 Å². The Kier molecular flexibility index (Phi) is 5.81. The van der Waals surface area contributed by atoms with E-state index >= 15 is 0 Å². The highest BCUT2D eigenvalue weighted by Gasteiger charge is 2.16. The average Bonchev–Trinajstić information content (AvgIpc) is 3.26. The summed E-state index contributed by atoms with van der Waals surface area (Å²) in [6, 6.07) is 10.8. The molecular weight excluding hydrogens is 414 g/mol. The molecule has 2 aromatic carbocycles. The van der Waals surface area contributed by atoms with Crippen LogP contribution in [0.15, 0.2) is 41.8 Å². The summed E-state index contributed by atoms with van der Waals surface area (Å²) < 4.78 is 16.3. The number of thiazole rings is 1. The second-order valence-electron chi connectivity index (χ2n) is 6.86. The van der Waals surface area contributed by atoms with Crippen LogP contribution in [0.5, 0.6) is 11.5 Å². The molecule has 0 aliphatic rings. The van der Waals surface area contributed by atoms with Crippen LogP contribution in [-0.2, 0) is 11.3 Å². The van der Waals surface area contributed by atoms with Crippen LogP contribution in [0.4, 0.5) is 0 Å². The topological polar surface area (TPSA) is 83.4 Å². The highest BCUT2D eigenvalue weighted by Crippen LogP contribution is 2.39. The number of para-hydroxylation sites is 1. The minimum atomic E-state index is -0.435. The normalized spacial score (nSPS) is 10.8. The summed E-state index contributed by atoms with van der Waals surface area (Å²) in [7, 11) is 3.18. The van der Waals surface area contributed by atoms with Crippen LogP contribution in [0.1, 0.15) is 27.4 Å². The molecule has 0 unspecified atom stereocenters. The van der Waals surface area contributed by atoms with Gasteiger partial charge >= 0.3 is 5.97 Å². The van der Waals surface area contributed by atoms with E-state index in [4.69, 9.17) is 14.2 Å². The molecule has 2 heterocycles. The van der Waals surface area contributed by atoms with Crippen LogP contribution in [0.3, 0.4) is 0 Å². The van der Waals surface area contributed by atoms with Gasteiger partial charge in [-0.25, -0.2) is 19.7 Å². The number of nitrogens with zero attached hydrogens (tertiary/aromatic N) is 3. The van der Waals surface area contributed by atoms with E-state index in [2.05, 4.69) is 15.0 Å². The molecule has 4 rings (SSSR count). The fourth-order valence-corrected chi connectivity index (χ4v) is 3.96. The van der Waals surface area contributed by atoms with Gasteiger partial charge in [-0.2, -0.15) is 0 Å². The van der Waals surface area contributed by atoms with Gasteiger partial charge in [-0.15, -0.1) is 11.3 Å². The standard InChI is InChI=1S/C23H21N3O4S/c1-13-14(2)25-19-10-15(8-9-18(19)24-13)23(27)30-11-16-12-31-22(26-16)17-6-5-7-20(28-3)21(17)29-4/h5-10,12H,11H2,1-4H3. The number of hydrogen-bond donors (Lipinski definition) is 0. The van der Waals surface area contributed by atoms with Gasteiger partial charge in [0, 0.05) is 5.38 Å². The number of methoxy groups -OCH3 is 2. The van der Waals surface area contributed by atoms with E-state index in [1.165, 1.54) is 11.3 Å². The maximum absolute atomic E-state index is 12.5. The summed E-state index contributed by atoms with van der Waals surface area (Å²) in [4.78, 5) is 26.1. The van der Waals surface area contributed by atoms with Crippen LogP contribution in [0, 0.1) is 13.8 Å². The van der Waals surface area contributed by atoms with Crippen molar-refractivity contribution in [2.45, 2.75) is 20.5 Å². The number of carbonyl (C=O) groups is 1. The van der Waals surface area contributed by atoms with Crippen molar-refractivity contribution < 1.29 is 19.0 Å². The Morgan fingerprint density at radius 1 is 0.968 bits per heavy atom. The maximum Gasteiger partial charge on any atom is 0.338 e. The molecule has 0 aliphatic heterocycles. The molecule has 0 bridgehead atoms. The zero-order chi connectivity index (χ0) is 22.0. The minimum Gasteiger partial charge on any atom is -0.493 e. The number of aryl methyl sites for hydroxylation is 2. The molecule has 0 spiro atoms. The summed E-state index contributed by atoms with van der Waals surface area (Å²) in [5.74, 6) is 0.814. The number of rotatable bonds is 6. The zero-order valence-electron chi connectivity index (χ0n) is 17.6. The molecule has 0 saturated heterocycles. The molecule has 4 aromatic rings. The molecule has 0 N–H and O–H groups in total. The van der Waals surface area contributed by atoms with Gasteiger partial charge in [-0.1, -0.05) is 6.07 Å². The molecule has 0 fully saturated rings. The van der Waals surface area contributed by atoms with E-state index in [0.29, 0.717) is 28.3 Å². The van der Waals surface area contributed by atoms with Crippen molar-refractivity contribution >= 4 is 28.3 Å². The molecule has 0 atom stereocenters. The first kappa shape index (κ1) is 20.7. The number of benzene rings is 2. The third-order valence-electron chi connectivity index (χ3n) is 4.85. The highest BCUT2D eigenvalue weighted by atomic mass is 32.1. The Bertz CT molecular complexity index is 1270. The third kappa shape index (κ3) is 4.20. The van der Waals surface area contributed by atoms with Crippen molar-refractivity contribution in [3.8, 4) is 22.1 Å². The summed E-state index contributed by atoms with van der Waals surface area (Å²) in [6.45, 7) is 3.87. The highest BCUT2D eigenvalue weighted by molar-refractivity contribution is 7.13. The smallest absolute Gasteiger partial charge is 0.338 e. The van der Waals surface area contributed by atoms with Crippen LogP contribution < -0.4 is 9.47 Å². The van der Waals surface area contributed by atoms with Gasteiger partial charge in [-0.3, -0.25) is 0 Å². The lowest BCUT2D eigenvalue weighted by atomic mass is 10.2. The van der Waals surface area contributed by atoms with E-state index in [9.17, 15) is 4.79 Å². The maximum atomic E-state index is 12.5. The van der Waals surface area contributed by atoms with Gasteiger partial charge < -0.3 is 14.2 Å². The molecule has 2 aromatic heterocycles. The Balaban J connectivity index is 1.50. The predicted octanol–water partition coefficient (Wildman–Crippen LogP) is 4.74. The number of fused-ring (bicyclic) bond motifs is 1. The van der Waals surface area contributed by atoms with Gasteiger partial charge in [-0.05, 0) is 44.2 Å². The van der Waals surface area contributed by atoms with Crippen molar-refractivity contribution in [1.82, 2.24) is 15.0 Å². The van der Waals surface area contributed by atoms with Gasteiger partial charge in [0.15, 0.2) is 11.5 Å². The number of hydrogen-bond acceptors (Lipinski definition) is 8. The fourth-order valence-electron chi connectivity index (χ4n) is 3.13. The van der Waals surface area contributed by atoms with Gasteiger partial charge in [0.2, 0.25) is 0 Å². The van der Waals surface area contributed by atoms with E-state index < -0.39 is 5.97 Å². The quantitative estimate of drug-likeness (QED) is 0.404. The first-order valence-electron chi connectivity index (χ1n) is 9.58. The van der Waals surface area contributed by atoms with E-state index in [-0.39, 0.29) is 6.61 Å². The average molecular weight is 436 g/mol. The van der Waals surface area contributed by atoms with E-state index in [1.807, 2.05) is 37.4 Å². The minimum absolute atomic E-state index is 0.0677. The molecule has 0 aliphatic carbocycles. The number of ether oxygens (including phenoxy) is 3. The van der Waals surface area contributed by atoms with Gasteiger partial charge in [0.25, 0.3) is 0 Å². The van der Waals surface area contributed by atoms with Crippen molar-refractivity contribution in [2.24, 2.45) is 0 Å². The van der Waals surface area contributed by atoms with Crippen molar-refractivity contribution in [1.29, 1.82) is 0 Å². The third-order valence-corrected chi connectivity index (χ3v) is 5.77. The Labute approximate surface area is 183 Å². The summed E-state index contributed by atoms with van der Waals surface area (Å²) in [5.41, 5.74) is 5.02. The first-order chi connectivity index (χ1) is 15.0. The summed E-state index contributed by atoms with van der Waals surface area (Å²) in [5, 5.41) is 2.62. The zero-order valence-corrected chi connectivity index (χ0v) is 18.4. The monoisotopic (exact) mass is 435 g/mol. The molecule has 0 amide bonds. The lowest BCUT2D eigenvalue weighted by molar-refractivity contribution is 0.0468. The lowest BCUT2D eigenvalue weighted by Crippen LogP contribution is -2.06. The molecule has 8 heteroatoms. The van der Waals surface area contributed by atoms with Crippen LogP contribution in [0.2, 0.25) is 0 Å². The van der Waals surface area contributed by atoms with E-state index in [0.717, 1.165) is 27.5 Å². The van der Waals surface area contributed by atoms with Crippen molar-refractivity contribution in [3.63, 3.8) is 0 Å². The molecular formula is C23H21N3O4S. The Morgan fingerprint density at radius 3 is 2.48 bits per heavy atom. The SMILES string of the molecule is COc1cccc(-c2nc(COC(=O)c3ccc4nc(C)c(C)nc4c3)cs2)c1OC. The van der Waals surface area contributed by atoms with Crippen molar-refractivity contribution in [3.05, 3.63) is 64.4 Å². The Morgan fingerprint density at radius 2 is 1.74 bits per heavy atom. The van der Waals surface area contributed by atoms with E-state index in [1.54, 1.807) is 32.4 Å². The summed E-state index contributed by atoms with van der Waals surface area (Å²) >= 11 is 1.45. The Hall–Kier alpha value is -3.52. The lowest BCUT2D eigenvalue weighted by Gasteiger charge is -2.10. The molecule has 0 radical (unpaired) electrons. The van der Waals surface area contributed by atoms with Crippen LogP contribution >= 0.6 is 11.3 Å². The molecule has 7 nitrogen and oxygen atoms in total. The van der Waals surface area contributed by atoms with Crippen LogP contribution in [0.25, 0.3) is 21.6 Å². The van der Waals surface area contributed by atoms with Gasteiger partial charge in [0.1, 0.15) is 11.6 Å². The molecule has 0 saturated carbocycles.